The average molecular weight is 168 g/mol. The van der Waals surface area contributed by atoms with Gasteiger partial charge in [0.1, 0.15) is 0 Å². The summed E-state index contributed by atoms with van der Waals surface area (Å²) in [4.78, 5) is 22.0. The number of rotatable bonds is 1. The van der Waals surface area contributed by atoms with Crippen LogP contribution in [0, 0.1) is 11.8 Å². The van der Waals surface area contributed by atoms with Crippen LogP contribution in [0.3, 0.4) is 0 Å². The molecule has 12 heavy (non-hydrogen) atoms. The third kappa shape index (κ3) is 1.13. The van der Waals surface area contributed by atoms with E-state index in [-0.39, 0.29) is 17.7 Å². The topological polar surface area (TPSA) is 43.4 Å². The van der Waals surface area contributed by atoms with Crippen molar-refractivity contribution < 1.29 is 14.3 Å². The summed E-state index contributed by atoms with van der Waals surface area (Å²) in [6.07, 6.45) is 2.39. The van der Waals surface area contributed by atoms with E-state index in [0.717, 1.165) is 19.3 Å². The first kappa shape index (κ1) is 7.77. The van der Waals surface area contributed by atoms with Gasteiger partial charge in [-0.2, -0.15) is 0 Å². The maximum atomic E-state index is 11.4. The van der Waals surface area contributed by atoms with Crippen molar-refractivity contribution in [3.05, 3.63) is 0 Å². The molecule has 0 aromatic carbocycles. The van der Waals surface area contributed by atoms with Crippen molar-refractivity contribution in [1.29, 1.82) is 0 Å². The van der Waals surface area contributed by atoms with Crippen molar-refractivity contribution in [2.24, 2.45) is 11.8 Å². The molecule has 3 heteroatoms. The molecule has 3 rings (SSSR count). The molecule has 3 aliphatic rings. The van der Waals surface area contributed by atoms with Crippen molar-refractivity contribution in [2.45, 2.75) is 32.3 Å². The van der Waals surface area contributed by atoms with Gasteiger partial charge in [-0.3, -0.25) is 9.59 Å². The zero-order valence-electron chi connectivity index (χ0n) is 7.08. The lowest BCUT2D eigenvalue weighted by molar-refractivity contribution is -0.163. The SMILES string of the molecule is CC(=O)O[C@@H]1CC2CC(C2)C1=O. The van der Waals surface area contributed by atoms with Crippen molar-refractivity contribution in [2.75, 3.05) is 0 Å². The van der Waals surface area contributed by atoms with E-state index in [1.807, 2.05) is 0 Å². The molecule has 3 nitrogen and oxygen atoms in total. The number of hydrogen-bond donors (Lipinski definition) is 0. The molecule has 0 saturated heterocycles. The van der Waals surface area contributed by atoms with E-state index in [4.69, 9.17) is 4.74 Å². The van der Waals surface area contributed by atoms with Crippen LogP contribution in [0.4, 0.5) is 0 Å². The van der Waals surface area contributed by atoms with Gasteiger partial charge < -0.3 is 4.74 Å². The van der Waals surface area contributed by atoms with Crippen molar-refractivity contribution in [3.63, 3.8) is 0 Å². The van der Waals surface area contributed by atoms with Crippen LogP contribution < -0.4 is 0 Å². The highest BCUT2D eigenvalue weighted by Crippen LogP contribution is 2.44. The van der Waals surface area contributed by atoms with Gasteiger partial charge in [-0.05, 0) is 25.2 Å². The molecule has 0 N–H and O–H groups in total. The van der Waals surface area contributed by atoms with Crippen LogP contribution in [0.15, 0.2) is 0 Å². The van der Waals surface area contributed by atoms with Crippen LogP contribution >= 0.6 is 0 Å². The number of carbonyl (C=O) groups excluding carboxylic acids is 2. The number of ether oxygens (including phenoxy) is 1. The zero-order chi connectivity index (χ0) is 8.72. The number of esters is 1. The first-order valence-electron chi connectivity index (χ1n) is 4.37. The Morgan fingerprint density at radius 2 is 2.08 bits per heavy atom. The number of hydrogen-bond acceptors (Lipinski definition) is 3. The van der Waals surface area contributed by atoms with Crippen LogP contribution in [0.25, 0.3) is 0 Å². The van der Waals surface area contributed by atoms with Crippen LogP contribution in [0.5, 0.6) is 0 Å². The number of fused-ring (bicyclic) bond motifs is 2. The molecule has 0 aromatic rings. The third-order valence-corrected chi connectivity index (χ3v) is 2.81. The molecule has 0 unspecified atom stereocenters. The Labute approximate surface area is 71.1 Å². The molecule has 66 valence electrons. The summed E-state index contributed by atoms with van der Waals surface area (Å²) in [6.45, 7) is 1.35. The summed E-state index contributed by atoms with van der Waals surface area (Å²) < 4.78 is 4.92. The van der Waals surface area contributed by atoms with Gasteiger partial charge in [0, 0.05) is 12.8 Å². The minimum atomic E-state index is -0.417. The summed E-state index contributed by atoms with van der Waals surface area (Å²) in [6, 6.07) is 0. The van der Waals surface area contributed by atoms with Crippen LogP contribution in [0.1, 0.15) is 26.2 Å². The van der Waals surface area contributed by atoms with Gasteiger partial charge in [0.25, 0.3) is 0 Å². The summed E-state index contributed by atoms with van der Waals surface area (Å²) in [5.74, 6) is 0.646. The van der Waals surface area contributed by atoms with Gasteiger partial charge in [0.05, 0.1) is 0 Å². The summed E-state index contributed by atoms with van der Waals surface area (Å²) in [5, 5.41) is 0. The van der Waals surface area contributed by atoms with E-state index in [2.05, 4.69) is 0 Å². The lowest BCUT2D eigenvalue weighted by Crippen LogP contribution is -2.47. The predicted octanol–water partition coefficient (Wildman–Crippen LogP) is 0.917. The minimum Gasteiger partial charge on any atom is -0.455 e. The quantitative estimate of drug-likeness (QED) is 0.547. The first-order chi connectivity index (χ1) is 5.66. The molecule has 3 fully saturated rings. The number of Topliss-reactive ketones (excluding diaryl/α,β-unsaturated/α-hetero) is 1. The zero-order valence-corrected chi connectivity index (χ0v) is 7.08. The average Bonchev–Trinajstić information content (AvgIpc) is 1.89. The highest BCUT2D eigenvalue weighted by molar-refractivity contribution is 5.89. The molecular weight excluding hydrogens is 156 g/mol. The first-order valence-corrected chi connectivity index (χ1v) is 4.37. The maximum Gasteiger partial charge on any atom is 0.303 e. The van der Waals surface area contributed by atoms with Gasteiger partial charge >= 0.3 is 5.97 Å². The fraction of sp³-hybridized carbons (Fsp3) is 0.778. The van der Waals surface area contributed by atoms with E-state index in [1.165, 1.54) is 6.92 Å². The monoisotopic (exact) mass is 168 g/mol. The third-order valence-electron chi connectivity index (χ3n) is 2.81. The van der Waals surface area contributed by atoms with Gasteiger partial charge in [-0.25, -0.2) is 0 Å². The minimum absolute atomic E-state index is 0.146. The molecule has 0 aromatic heterocycles. The summed E-state index contributed by atoms with van der Waals surface area (Å²) in [7, 11) is 0. The van der Waals surface area contributed by atoms with E-state index in [9.17, 15) is 9.59 Å². The van der Waals surface area contributed by atoms with E-state index in [1.54, 1.807) is 0 Å². The Kier molecular flexibility index (Phi) is 1.67. The van der Waals surface area contributed by atoms with Gasteiger partial charge in [-0.1, -0.05) is 0 Å². The fourth-order valence-electron chi connectivity index (χ4n) is 2.15. The predicted molar refractivity (Wildman–Crippen MR) is 41.4 cm³/mol. The summed E-state index contributed by atoms with van der Waals surface area (Å²) in [5.41, 5.74) is 0. The molecule has 0 aliphatic heterocycles. The molecule has 1 atom stereocenters. The molecule has 0 heterocycles. The van der Waals surface area contributed by atoms with Crippen molar-refractivity contribution in [3.8, 4) is 0 Å². The molecule has 0 spiro atoms. The molecule has 0 radical (unpaired) electrons. The maximum absolute atomic E-state index is 11.4. The molecule has 2 bridgehead atoms. The Morgan fingerprint density at radius 3 is 2.58 bits per heavy atom. The lowest BCUT2D eigenvalue weighted by Gasteiger charge is -2.42. The largest absolute Gasteiger partial charge is 0.455 e. The van der Waals surface area contributed by atoms with Crippen molar-refractivity contribution in [1.82, 2.24) is 0 Å². The van der Waals surface area contributed by atoms with Gasteiger partial charge in [-0.15, -0.1) is 0 Å². The molecular formula is C9H12O3. The fourth-order valence-corrected chi connectivity index (χ4v) is 2.15. The Morgan fingerprint density at radius 1 is 1.42 bits per heavy atom. The number of carbonyl (C=O) groups is 2. The highest BCUT2D eigenvalue weighted by Gasteiger charge is 2.46. The van der Waals surface area contributed by atoms with Crippen LogP contribution in [-0.2, 0) is 14.3 Å². The summed E-state index contributed by atoms with van der Waals surface area (Å²) >= 11 is 0. The Balaban J connectivity index is 1.98. The smallest absolute Gasteiger partial charge is 0.303 e. The molecule has 3 aliphatic carbocycles. The van der Waals surface area contributed by atoms with Crippen molar-refractivity contribution >= 4 is 11.8 Å². The molecule has 0 amide bonds. The Hall–Kier alpha value is -0.860. The Bertz CT molecular complexity index is 228. The van der Waals surface area contributed by atoms with E-state index in [0.29, 0.717) is 5.92 Å². The second kappa shape index (κ2) is 2.57. The van der Waals surface area contributed by atoms with Crippen LogP contribution in [-0.4, -0.2) is 17.9 Å². The standard InChI is InChI=1S/C9H12O3/c1-5(10)12-8-4-6-2-7(3-6)9(8)11/h6-8H,2-4H2,1H3/t6?,7?,8-/m1/s1. The van der Waals surface area contributed by atoms with Crippen LogP contribution in [0.2, 0.25) is 0 Å². The highest BCUT2D eigenvalue weighted by atomic mass is 16.5. The number of ketones is 1. The van der Waals surface area contributed by atoms with Gasteiger partial charge in [0.2, 0.25) is 0 Å². The van der Waals surface area contributed by atoms with E-state index >= 15 is 0 Å². The normalized spacial score (nSPS) is 38.8. The van der Waals surface area contributed by atoms with E-state index < -0.39 is 6.10 Å². The molecule has 3 saturated carbocycles. The lowest BCUT2D eigenvalue weighted by atomic mass is 9.63. The second-order valence-corrected chi connectivity index (χ2v) is 3.77. The second-order valence-electron chi connectivity index (χ2n) is 3.77. The van der Waals surface area contributed by atoms with Gasteiger partial charge in [0.15, 0.2) is 11.9 Å².